The lowest BCUT2D eigenvalue weighted by molar-refractivity contribution is -0.129. The van der Waals surface area contributed by atoms with Crippen molar-refractivity contribution in [2.24, 2.45) is 0 Å². The molecule has 1 aromatic heterocycles. The van der Waals surface area contributed by atoms with E-state index in [2.05, 4.69) is 26.2 Å². The number of aliphatic hydroxyl groups is 1. The first-order valence-corrected chi connectivity index (χ1v) is 7.44. The summed E-state index contributed by atoms with van der Waals surface area (Å²) in [7, 11) is 0. The van der Waals surface area contributed by atoms with Crippen molar-refractivity contribution in [2.45, 2.75) is 5.60 Å². The van der Waals surface area contributed by atoms with Gasteiger partial charge in [0.15, 0.2) is 5.60 Å². The summed E-state index contributed by atoms with van der Waals surface area (Å²) in [4.78, 5) is 15.4. The molecule has 0 spiro atoms. The third-order valence-corrected chi connectivity index (χ3v) is 4.53. The summed E-state index contributed by atoms with van der Waals surface area (Å²) in [6.45, 7) is 0. The quantitative estimate of drug-likeness (QED) is 0.539. The van der Waals surface area contributed by atoms with Gasteiger partial charge in [-0.25, -0.2) is 0 Å². The Bertz CT molecular complexity index is 934. The SMILES string of the molecule is O=C1Nc2ccc(Br)cc2[C@@]1(O)c1ccc(O)c2[nH]ccc12. The Morgan fingerprint density at radius 3 is 2.73 bits per heavy atom. The van der Waals surface area contributed by atoms with Crippen LogP contribution in [0.15, 0.2) is 47.1 Å². The standard InChI is InChI=1S/C16H11BrN2O3/c17-8-1-3-12-11(7-8)16(22,15(21)19-12)10-2-4-13(20)14-9(10)5-6-18-14/h1-7,18,20,22H,(H,19,21)/t16-/m0/s1. The van der Waals surface area contributed by atoms with E-state index in [0.717, 1.165) is 4.47 Å². The number of anilines is 1. The highest BCUT2D eigenvalue weighted by molar-refractivity contribution is 9.10. The lowest BCUT2D eigenvalue weighted by atomic mass is 9.85. The van der Waals surface area contributed by atoms with Crippen LogP contribution in [0.3, 0.4) is 0 Å². The fourth-order valence-corrected chi connectivity index (χ4v) is 3.35. The zero-order valence-corrected chi connectivity index (χ0v) is 12.8. The Morgan fingerprint density at radius 2 is 1.91 bits per heavy atom. The minimum absolute atomic E-state index is 0.0696. The van der Waals surface area contributed by atoms with Crippen LogP contribution in [-0.2, 0) is 10.4 Å². The Labute approximate surface area is 133 Å². The third kappa shape index (κ3) is 1.59. The molecule has 4 N–H and O–H groups in total. The fraction of sp³-hybridized carbons (Fsp3) is 0.0625. The number of nitrogens with one attached hydrogen (secondary N) is 2. The van der Waals surface area contributed by atoms with Gasteiger partial charge in [-0.1, -0.05) is 22.0 Å². The number of phenols is 1. The van der Waals surface area contributed by atoms with Gasteiger partial charge in [0.1, 0.15) is 5.75 Å². The predicted molar refractivity (Wildman–Crippen MR) is 85.7 cm³/mol. The number of fused-ring (bicyclic) bond motifs is 2. The molecular weight excluding hydrogens is 348 g/mol. The number of aromatic hydroxyl groups is 1. The lowest BCUT2D eigenvalue weighted by Crippen LogP contribution is -2.35. The van der Waals surface area contributed by atoms with Crippen LogP contribution in [0.4, 0.5) is 5.69 Å². The van der Waals surface area contributed by atoms with Gasteiger partial charge in [-0.3, -0.25) is 4.79 Å². The minimum atomic E-state index is -1.80. The second kappa shape index (κ2) is 4.34. The van der Waals surface area contributed by atoms with E-state index in [1.165, 1.54) is 6.07 Å². The van der Waals surface area contributed by atoms with Gasteiger partial charge in [-0.2, -0.15) is 0 Å². The number of carbonyl (C=O) groups excluding carboxylic acids is 1. The molecule has 6 heteroatoms. The number of aromatic nitrogens is 1. The molecule has 4 rings (SSSR count). The third-order valence-electron chi connectivity index (χ3n) is 4.04. The number of amides is 1. The van der Waals surface area contributed by atoms with Crippen LogP contribution >= 0.6 is 15.9 Å². The van der Waals surface area contributed by atoms with E-state index in [9.17, 15) is 15.0 Å². The second-order valence-electron chi connectivity index (χ2n) is 5.25. The van der Waals surface area contributed by atoms with Gasteiger partial charge in [-0.05, 0) is 30.3 Å². The number of hydrogen-bond acceptors (Lipinski definition) is 3. The normalized spacial score (nSPS) is 20.2. The average Bonchev–Trinajstić information content (AvgIpc) is 3.06. The summed E-state index contributed by atoms with van der Waals surface area (Å²) in [5, 5.41) is 24.4. The van der Waals surface area contributed by atoms with Crippen molar-refractivity contribution in [3.05, 3.63) is 58.2 Å². The van der Waals surface area contributed by atoms with Crippen LogP contribution in [0.25, 0.3) is 10.9 Å². The van der Waals surface area contributed by atoms with Crippen molar-refractivity contribution in [2.75, 3.05) is 5.32 Å². The van der Waals surface area contributed by atoms with Crippen LogP contribution in [-0.4, -0.2) is 21.1 Å². The maximum Gasteiger partial charge on any atom is 0.265 e. The highest BCUT2D eigenvalue weighted by atomic mass is 79.9. The lowest BCUT2D eigenvalue weighted by Gasteiger charge is -2.22. The van der Waals surface area contributed by atoms with Crippen molar-refractivity contribution in [3.8, 4) is 5.75 Å². The van der Waals surface area contributed by atoms with Gasteiger partial charge in [0.25, 0.3) is 5.91 Å². The molecule has 0 saturated carbocycles. The Kier molecular flexibility index (Phi) is 2.64. The van der Waals surface area contributed by atoms with Crippen molar-refractivity contribution >= 4 is 38.4 Å². The minimum Gasteiger partial charge on any atom is -0.506 e. The van der Waals surface area contributed by atoms with Gasteiger partial charge in [0, 0.05) is 32.9 Å². The average molecular weight is 359 g/mol. The zero-order valence-electron chi connectivity index (χ0n) is 11.2. The number of rotatable bonds is 1. The van der Waals surface area contributed by atoms with E-state index in [0.29, 0.717) is 27.7 Å². The number of halogens is 1. The van der Waals surface area contributed by atoms with Crippen molar-refractivity contribution in [1.82, 2.24) is 4.98 Å². The molecule has 1 atom stereocenters. The zero-order chi connectivity index (χ0) is 15.5. The molecule has 0 radical (unpaired) electrons. The molecule has 22 heavy (non-hydrogen) atoms. The van der Waals surface area contributed by atoms with Crippen LogP contribution in [0, 0.1) is 0 Å². The van der Waals surface area contributed by atoms with Gasteiger partial charge < -0.3 is 20.5 Å². The first-order chi connectivity index (χ1) is 10.5. The molecule has 0 saturated heterocycles. The molecule has 0 unspecified atom stereocenters. The second-order valence-corrected chi connectivity index (χ2v) is 6.17. The summed E-state index contributed by atoms with van der Waals surface area (Å²) in [6.07, 6.45) is 1.66. The van der Waals surface area contributed by atoms with E-state index < -0.39 is 11.5 Å². The van der Waals surface area contributed by atoms with Gasteiger partial charge >= 0.3 is 0 Å². The monoisotopic (exact) mass is 358 g/mol. The van der Waals surface area contributed by atoms with E-state index in [1.807, 2.05) is 0 Å². The van der Waals surface area contributed by atoms with Crippen molar-refractivity contribution in [3.63, 3.8) is 0 Å². The largest absolute Gasteiger partial charge is 0.506 e. The van der Waals surface area contributed by atoms with Crippen LogP contribution in [0.2, 0.25) is 0 Å². The molecule has 2 aromatic carbocycles. The molecule has 1 amide bonds. The molecular formula is C16H11BrN2O3. The van der Waals surface area contributed by atoms with Crippen molar-refractivity contribution < 1.29 is 15.0 Å². The number of benzene rings is 2. The Balaban J connectivity index is 2.06. The molecule has 5 nitrogen and oxygen atoms in total. The van der Waals surface area contributed by atoms with Crippen molar-refractivity contribution in [1.29, 1.82) is 0 Å². The highest BCUT2D eigenvalue weighted by Crippen LogP contribution is 2.45. The number of phenolic OH excluding ortho intramolecular Hbond substituents is 1. The predicted octanol–water partition coefficient (Wildman–Crippen LogP) is 2.82. The summed E-state index contributed by atoms with van der Waals surface area (Å²) in [6, 6.07) is 10.0. The molecule has 2 heterocycles. The van der Waals surface area contributed by atoms with E-state index in [4.69, 9.17) is 0 Å². The smallest absolute Gasteiger partial charge is 0.265 e. The Hall–Kier alpha value is -2.31. The number of H-pyrrole nitrogens is 1. The summed E-state index contributed by atoms with van der Waals surface area (Å²) < 4.78 is 0.769. The van der Waals surface area contributed by atoms with Crippen LogP contribution in [0.1, 0.15) is 11.1 Å². The first kappa shape index (κ1) is 13.4. The van der Waals surface area contributed by atoms with Gasteiger partial charge in [0.2, 0.25) is 0 Å². The Morgan fingerprint density at radius 1 is 1.09 bits per heavy atom. The van der Waals surface area contributed by atoms with E-state index in [-0.39, 0.29) is 5.75 Å². The molecule has 1 aliphatic heterocycles. The molecule has 110 valence electrons. The topological polar surface area (TPSA) is 85.3 Å². The van der Waals surface area contributed by atoms with Gasteiger partial charge in [0.05, 0.1) is 5.52 Å². The summed E-state index contributed by atoms with van der Waals surface area (Å²) in [5.74, 6) is -0.436. The number of aromatic amines is 1. The van der Waals surface area contributed by atoms with Gasteiger partial charge in [-0.15, -0.1) is 0 Å². The van der Waals surface area contributed by atoms with E-state index >= 15 is 0 Å². The first-order valence-electron chi connectivity index (χ1n) is 6.65. The summed E-state index contributed by atoms with van der Waals surface area (Å²) >= 11 is 3.37. The molecule has 0 aliphatic carbocycles. The number of carbonyl (C=O) groups is 1. The molecule has 0 fully saturated rings. The maximum absolute atomic E-state index is 12.5. The summed E-state index contributed by atoms with van der Waals surface area (Å²) in [5.41, 5.74) is 0.179. The van der Waals surface area contributed by atoms with Crippen LogP contribution in [0.5, 0.6) is 5.75 Å². The molecule has 3 aromatic rings. The fourth-order valence-electron chi connectivity index (χ4n) is 2.98. The molecule has 0 bridgehead atoms. The molecule has 1 aliphatic rings. The number of hydrogen-bond donors (Lipinski definition) is 4. The van der Waals surface area contributed by atoms with E-state index in [1.54, 1.807) is 36.5 Å². The highest BCUT2D eigenvalue weighted by Gasteiger charge is 2.48. The maximum atomic E-state index is 12.5. The van der Waals surface area contributed by atoms with Crippen LogP contribution < -0.4 is 5.32 Å².